The van der Waals surface area contributed by atoms with Crippen LogP contribution in [0.1, 0.15) is 0 Å². The molecule has 10 nitrogen and oxygen atoms in total. The number of carbonyl (C=O) groups is 3. The van der Waals surface area contributed by atoms with E-state index in [1.54, 1.807) is 35.4 Å². The third-order valence-corrected chi connectivity index (χ3v) is 9.46. The molecule has 3 unspecified atom stereocenters. The summed E-state index contributed by atoms with van der Waals surface area (Å²) in [6.45, 7) is 0. The molecule has 0 saturated carbocycles. The van der Waals surface area contributed by atoms with Gasteiger partial charge in [-0.1, -0.05) is 23.0 Å². The summed E-state index contributed by atoms with van der Waals surface area (Å²) in [4.78, 5) is 38.1. The van der Waals surface area contributed by atoms with Gasteiger partial charge >= 0.3 is 5.97 Å². The molecule has 0 radical (unpaired) electrons. The number of hydrogen-bond donors (Lipinski definition) is 2. The Morgan fingerprint density at radius 1 is 1.45 bits per heavy atom. The fourth-order valence-electron chi connectivity index (χ4n) is 3.15. The molecule has 4 rings (SSSR count). The molecule has 2 aliphatic heterocycles. The molecule has 0 bridgehead atoms. The topological polar surface area (TPSA) is 134 Å². The molecule has 14 heteroatoms. The molecule has 0 aliphatic carbocycles. The largest absolute Gasteiger partial charge is 0.477 e. The molecule has 1 fully saturated rings. The number of rotatable bonds is 8. The van der Waals surface area contributed by atoms with Gasteiger partial charge in [-0.15, -0.1) is 28.2 Å². The molecule has 2 aromatic rings. The van der Waals surface area contributed by atoms with Crippen LogP contribution in [0.25, 0.3) is 0 Å². The van der Waals surface area contributed by atoms with Crippen LogP contribution < -0.4 is 5.32 Å². The number of carboxylic acids is 1. The van der Waals surface area contributed by atoms with E-state index in [-0.39, 0.29) is 11.4 Å². The Morgan fingerprint density at radius 3 is 2.90 bits per heavy atom. The van der Waals surface area contributed by atoms with Crippen molar-refractivity contribution in [1.29, 1.82) is 0 Å². The predicted molar refractivity (Wildman–Crippen MR) is 117 cm³/mol. The number of aliphatic carboxylic acids is 1. The lowest BCUT2D eigenvalue weighted by molar-refractivity contribution is -0.150. The maximum Gasteiger partial charge on any atom is 0.352 e. The van der Waals surface area contributed by atoms with Crippen molar-refractivity contribution in [3.63, 3.8) is 0 Å². The first kappa shape index (κ1) is 22.0. The lowest BCUT2D eigenvalue weighted by Gasteiger charge is -2.49. The number of thioether (sulfide) groups is 2. The molecular formula is C17H17N5O5S4. The summed E-state index contributed by atoms with van der Waals surface area (Å²) in [5, 5.41) is 22.1. The van der Waals surface area contributed by atoms with Crippen LogP contribution in [-0.4, -0.2) is 75.7 Å². The molecule has 0 aromatic carbocycles. The van der Waals surface area contributed by atoms with Crippen LogP contribution >= 0.6 is 34.9 Å². The summed E-state index contributed by atoms with van der Waals surface area (Å²) in [6, 6.07) is 2.61. The van der Waals surface area contributed by atoms with Gasteiger partial charge in [0.2, 0.25) is 5.91 Å². The van der Waals surface area contributed by atoms with Crippen molar-refractivity contribution in [2.24, 2.45) is 7.05 Å². The lowest BCUT2D eigenvalue weighted by atomic mass is 10.0. The van der Waals surface area contributed by atoms with Crippen LogP contribution in [0.15, 0.2) is 44.2 Å². The van der Waals surface area contributed by atoms with Crippen molar-refractivity contribution in [3.05, 3.63) is 35.0 Å². The van der Waals surface area contributed by atoms with Crippen molar-refractivity contribution in [2.45, 2.75) is 20.7 Å². The standard InChI is InChI=1S/C17H17N5O5S4/c1-21-5-11(19-20-21)29-6-9-7-30-16-13(15(24)22(16)14(9)17(25)26)18-10(23)8-31(27)12-3-2-4-28-12/h2-5,13,16H,6-8H2,1H3,(H,18,23)(H,25,26). The van der Waals surface area contributed by atoms with Crippen molar-refractivity contribution < 1.29 is 23.7 Å². The molecule has 1 saturated heterocycles. The Morgan fingerprint density at radius 2 is 2.26 bits per heavy atom. The van der Waals surface area contributed by atoms with E-state index in [1.807, 2.05) is 0 Å². The van der Waals surface area contributed by atoms with Gasteiger partial charge in [-0.05, 0) is 17.0 Å². The zero-order valence-electron chi connectivity index (χ0n) is 16.1. The van der Waals surface area contributed by atoms with Crippen LogP contribution in [0.5, 0.6) is 0 Å². The van der Waals surface area contributed by atoms with Crippen molar-refractivity contribution in [3.8, 4) is 0 Å². The molecule has 3 atom stereocenters. The minimum absolute atomic E-state index is 0.0437. The van der Waals surface area contributed by atoms with Crippen LogP contribution in [0, 0.1) is 0 Å². The van der Waals surface area contributed by atoms with Crippen molar-refractivity contribution >= 4 is 63.4 Å². The molecule has 2 aromatic heterocycles. The smallest absolute Gasteiger partial charge is 0.352 e. The quantitative estimate of drug-likeness (QED) is 0.394. The highest BCUT2D eigenvalue weighted by molar-refractivity contribution is 8.01. The SMILES string of the molecule is Cn1cc(SCC2=C(C(=O)O)N3C(=O)C(NC(=O)CS(=O)c4cccs4)C3SC2)nn1. The Balaban J connectivity index is 1.41. The van der Waals surface area contributed by atoms with Gasteiger partial charge in [0.25, 0.3) is 5.91 Å². The third-order valence-electron chi connectivity index (χ3n) is 4.52. The number of hydrogen-bond acceptors (Lipinski definition) is 9. The van der Waals surface area contributed by atoms with Crippen LogP contribution in [0.4, 0.5) is 0 Å². The van der Waals surface area contributed by atoms with E-state index in [9.17, 15) is 23.7 Å². The summed E-state index contributed by atoms with van der Waals surface area (Å²) >= 11 is 4.03. The number of β-lactam (4-membered cyclic amide) rings is 1. The highest BCUT2D eigenvalue weighted by Crippen LogP contribution is 2.41. The minimum atomic E-state index is -1.48. The van der Waals surface area contributed by atoms with E-state index in [4.69, 9.17) is 0 Å². The Hall–Kier alpha value is -2.16. The predicted octanol–water partition coefficient (Wildman–Crippen LogP) is 0.515. The first-order valence-corrected chi connectivity index (χ1v) is 13.2. The van der Waals surface area contributed by atoms with E-state index in [0.29, 0.717) is 26.3 Å². The molecule has 2 N–H and O–H groups in total. The molecule has 31 heavy (non-hydrogen) atoms. The van der Waals surface area contributed by atoms with Gasteiger partial charge in [0, 0.05) is 18.6 Å². The molecule has 0 spiro atoms. The Bertz CT molecular complexity index is 1080. The van der Waals surface area contributed by atoms with Gasteiger partial charge in [-0.3, -0.25) is 23.4 Å². The highest BCUT2D eigenvalue weighted by Gasteiger charge is 2.54. The summed E-state index contributed by atoms with van der Waals surface area (Å²) in [5.74, 6) is -1.64. The van der Waals surface area contributed by atoms with Crippen molar-refractivity contribution in [2.75, 3.05) is 17.3 Å². The van der Waals surface area contributed by atoms with E-state index in [0.717, 1.165) is 0 Å². The van der Waals surface area contributed by atoms with E-state index < -0.39 is 40.0 Å². The van der Waals surface area contributed by atoms with Crippen LogP contribution in [-0.2, 0) is 32.2 Å². The number of nitrogens with zero attached hydrogens (tertiary/aromatic N) is 4. The van der Waals surface area contributed by atoms with Gasteiger partial charge in [0.05, 0.1) is 21.2 Å². The zero-order valence-corrected chi connectivity index (χ0v) is 19.4. The maximum absolute atomic E-state index is 12.7. The number of thiophene rings is 1. The van der Waals surface area contributed by atoms with Crippen LogP contribution in [0.2, 0.25) is 0 Å². The number of aromatic nitrogens is 3. The summed E-state index contributed by atoms with van der Waals surface area (Å²) in [7, 11) is 0.258. The fraction of sp³-hybridized carbons (Fsp3) is 0.353. The molecule has 2 aliphatic rings. The van der Waals surface area contributed by atoms with Gasteiger partial charge in [-0.2, -0.15) is 0 Å². The number of amides is 2. The van der Waals surface area contributed by atoms with E-state index >= 15 is 0 Å². The molecule has 164 valence electrons. The maximum atomic E-state index is 12.7. The lowest BCUT2D eigenvalue weighted by Crippen LogP contribution is -2.70. The van der Waals surface area contributed by atoms with Gasteiger partial charge in [0.1, 0.15) is 27.9 Å². The molecule has 2 amide bonds. The average molecular weight is 500 g/mol. The van der Waals surface area contributed by atoms with Gasteiger partial charge in [-0.25, -0.2) is 4.79 Å². The zero-order chi connectivity index (χ0) is 22.1. The van der Waals surface area contributed by atoms with Crippen LogP contribution in [0.3, 0.4) is 0 Å². The molecular weight excluding hydrogens is 482 g/mol. The van der Waals surface area contributed by atoms with E-state index in [1.165, 1.54) is 39.8 Å². The minimum Gasteiger partial charge on any atom is -0.477 e. The molecule has 4 heterocycles. The second-order valence-corrected chi connectivity index (χ2v) is 11.4. The summed E-state index contributed by atoms with van der Waals surface area (Å²) in [6.07, 6.45) is 1.73. The van der Waals surface area contributed by atoms with Crippen molar-refractivity contribution in [1.82, 2.24) is 25.2 Å². The second-order valence-electron chi connectivity index (χ2n) is 6.65. The number of carbonyl (C=O) groups excluding carboxylic acids is 2. The number of carboxylic acid groups (broad SMARTS) is 1. The first-order chi connectivity index (χ1) is 14.8. The van der Waals surface area contributed by atoms with Gasteiger partial charge < -0.3 is 10.4 Å². The van der Waals surface area contributed by atoms with Gasteiger partial charge in [0.15, 0.2) is 0 Å². The normalized spacial score (nSPS) is 21.5. The fourth-order valence-corrected chi connectivity index (χ4v) is 7.42. The first-order valence-electron chi connectivity index (χ1n) is 8.95. The average Bonchev–Trinajstić information content (AvgIpc) is 3.41. The Labute approximate surface area is 191 Å². The number of aryl methyl sites for hydroxylation is 1. The Kier molecular flexibility index (Phi) is 6.50. The van der Waals surface area contributed by atoms with E-state index in [2.05, 4.69) is 15.6 Å². The number of nitrogens with one attached hydrogen (secondary N) is 1. The monoisotopic (exact) mass is 499 g/mol. The number of fused-ring (bicyclic) bond motifs is 1. The second kappa shape index (κ2) is 9.14. The highest BCUT2D eigenvalue weighted by atomic mass is 32.2. The summed E-state index contributed by atoms with van der Waals surface area (Å²) < 4.78 is 14.3. The summed E-state index contributed by atoms with van der Waals surface area (Å²) in [5.41, 5.74) is 0.569. The third kappa shape index (κ3) is 4.56.